The van der Waals surface area contributed by atoms with Crippen LogP contribution in [0.4, 0.5) is 4.39 Å². The minimum atomic E-state index is -0.646. The molecule has 20 heavy (non-hydrogen) atoms. The molecule has 1 heterocycles. The lowest BCUT2D eigenvalue weighted by atomic mass is 10.1. The summed E-state index contributed by atoms with van der Waals surface area (Å²) in [4.78, 5) is 26.6. The number of hydrogen-bond acceptors (Lipinski definition) is 2. The molecule has 1 aromatic heterocycles. The SMILES string of the molecule is CC(C)c1c(Cl)[nH]c(=O)n(Cc2ccccc2F)c1=O. The van der Waals surface area contributed by atoms with Crippen LogP contribution in [0.3, 0.4) is 0 Å². The normalized spacial score (nSPS) is 11.1. The Balaban J connectivity index is 2.59. The average molecular weight is 297 g/mol. The standard InChI is InChI=1S/C14H14ClFN2O2/c1-8(2)11-12(15)17-14(20)18(13(11)19)7-9-5-3-4-6-10(9)16/h3-6,8H,7H2,1-2H3,(H,17,20). The van der Waals surface area contributed by atoms with Gasteiger partial charge < -0.3 is 0 Å². The highest BCUT2D eigenvalue weighted by molar-refractivity contribution is 6.30. The van der Waals surface area contributed by atoms with Crippen LogP contribution >= 0.6 is 11.6 Å². The van der Waals surface area contributed by atoms with E-state index in [2.05, 4.69) is 4.98 Å². The first-order valence-corrected chi connectivity index (χ1v) is 6.55. The lowest BCUT2D eigenvalue weighted by Crippen LogP contribution is -2.38. The molecule has 0 aliphatic carbocycles. The predicted molar refractivity (Wildman–Crippen MR) is 75.9 cm³/mol. The number of nitrogens with one attached hydrogen (secondary N) is 1. The van der Waals surface area contributed by atoms with Gasteiger partial charge in [0.1, 0.15) is 11.0 Å². The number of H-pyrrole nitrogens is 1. The van der Waals surface area contributed by atoms with Crippen molar-refractivity contribution in [1.82, 2.24) is 9.55 Å². The van der Waals surface area contributed by atoms with Crippen LogP contribution in [0.25, 0.3) is 0 Å². The lowest BCUT2D eigenvalue weighted by molar-refractivity contribution is 0.585. The fourth-order valence-electron chi connectivity index (χ4n) is 2.00. The Morgan fingerprint density at radius 1 is 1.30 bits per heavy atom. The Hall–Kier alpha value is -1.88. The third kappa shape index (κ3) is 2.67. The fourth-order valence-corrected chi connectivity index (χ4v) is 2.38. The Labute approximate surface area is 119 Å². The van der Waals surface area contributed by atoms with E-state index >= 15 is 0 Å². The van der Waals surface area contributed by atoms with E-state index in [1.54, 1.807) is 26.0 Å². The lowest BCUT2D eigenvalue weighted by Gasteiger charge is -2.11. The molecule has 0 aliphatic heterocycles. The van der Waals surface area contributed by atoms with E-state index in [4.69, 9.17) is 11.6 Å². The second kappa shape index (κ2) is 5.63. The summed E-state index contributed by atoms with van der Waals surface area (Å²) in [5, 5.41) is 0.0415. The molecular formula is C14H14ClFN2O2. The van der Waals surface area contributed by atoms with E-state index < -0.39 is 17.1 Å². The Kier molecular flexibility index (Phi) is 4.09. The van der Waals surface area contributed by atoms with Gasteiger partial charge in [0.05, 0.1) is 12.1 Å². The Morgan fingerprint density at radius 3 is 2.55 bits per heavy atom. The van der Waals surface area contributed by atoms with Gasteiger partial charge in [-0.2, -0.15) is 0 Å². The van der Waals surface area contributed by atoms with E-state index in [1.165, 1.54) is 12.1 Å². The summed E-state index contributed by atoms with van der Waals surface area (Å²) in [7, 11) is 0. The number of aromatic amines is 1. The number of benzene rings is 1. The van der Waals surface area contributed by atoms with Gasteiger partial charge in [0.25, 0.3) is 5.56 Å². The summed E-state index contributed by atoms with van der Waals surface area (Å²) in [5.74, 6) is -0.599. The molecule has 1 N–H and O–H groups in total. The highest BCUT2D eigenvalue weighted by atomic mass is 35.5. The molecule has 0 atom stereocenters. The summed E-state index contributed by atoms with van der Waals surface area (Å²) in [6.45, 7) is 3.47. The number of hydrogen-bond donors (Lipinski definition) is 1. The molecule has 1 aromatic carbocycles. The van der Waals surface area contributed by atoms with Crippen molar-refractivity contribution in [3.05, 3.63) is 67.2 Å². The Morgan fingerprint density at radius 2 is 1.95 bits per heavy atom. The van der Waals surface area contributed by atoms with Gasteiger partial charge in [-0.1, -0.05) is 43.6 Å². The van der Waals surface area contributed by atoms with Crippen molar-refractivity contribution >= 4 is 11.6 Å². The summed E-state index contributed by atoms with van der Waals surface area (Å²) in [5.41, 5.74) is -0.538. The second-order valence-corrected chi connectivity index (χ2v) is 5.17. The first-order chi connectivity index (χ1) is 9.41. The van der Waals surface area contributed by atoms with Gasteiger partial charge in [-0.25, -0.2) is 9.18 Å². The van der Waals surface area contributed by atoms with Crippen LogP contribution in [0.1, 0.15) is 30.9 Å². The molecule has 0 aliphatic rings. The molecule has 0 saturated carbocycles. The van der Waals surface area contributed by atoms with Crippen molar-refractivity contribution in [3.63, 3.8) is 0 Å². The molecule has 0 spiro atoms. The van der Waals surface area contributed by atoms with E-state index in [-0.39, 0.29) is 23.2 Å². The fraction of sp³-hybridized carbons (Fsp3) is 0.286. The highest BCUT2D eigenvalue weighted by Crippen LogP contribution is 2.16. The molecule has 6 heteroatoms. The number of rotatable bonds is 3. The minimum absolute atomic E-state index is 0.0415. The molecule has 2 rings (SSSR count). The van der Waals surface area contributed by atoms with Gasteiger partial charge in [0.2, 0.25) is 0 Å². The zero-order valence-electron chi connectivity index (χ0n) is 11.1. The number of nitrogens with zero attached hydrogens (tertiary/aromatic N) is 1. The summed E-state index contributed by atoms with van der Waals surface area (Å²) in [6, 6.07) is 6.02. The zero-order chi connectivity index (χ0) is 14.9. The predicted octanol–water partition coefficient (Wildman–Crippen LogP) is 2.50. The van der Waals surface area contributed by atoms with E-state index in [0.29, 0.717) is 5.56 Å². The number of aromatic nitrogens is 2. The highest BCUT2D eigenvalue weighted by Gasteiger charge is 2.16. The van der Waals surface area contributed by atoms with Gasteiger partial charge in [-0.05, 0) is 12.0 Å². The molecule has 0 amide bonds. The summed E-state index contributed by atoms with van der Waals surface area (Å²) >= 11 is 5.89. The van der Waals surface area contributed by atoms with Crippen LogP contribution in [0.15, 0.2) is 33.9 Å². The maximum atomic E-state index is 13.6. The van der Waals surface area contributed by atoms with Crippen LogP contribution in [-0.2, 0) is 6.54 Å². The molecular weight excluding hydrogens is 283 g/mol. The average Bonchev–Trinajstić information content (AvgIpc) is 2.35. The smallest absolute Gasteiger partial charge is 0.297 e. The molecule has 4 nitrogen and oxygen atoms in total. The maximum absolute atomic E-state index is 13.6. The first kappa shape index (κ1) is 14.5. The van der Waals surface area contributed by atoms with E-state index in [1.807, 2.05) is 0 Å². The first-order valence-electron chi connectivity index (χ1n) is 6.17. The van der Waals surface area contributed by atoms with Gasteiger partial charge in [-0.3, -0.25) is 14.3 Å². The van der Waals surface area contributed by atoms with Crippen LogP contribution in [-0.4, -0.2) is 9.55 Å². The molecule has 106 valence electrons. The van der Waals surface area contributed by atoms with Crippen LogP contribution in [0.5, 0.6) is 0 Å². The van der Waals surface area contributed by atoms with Gasteiger partial charge in [0.15, 0.2) is 0 Å². The second-order valence-electron chi connectivity index (χ2n) is 4.80. The summed E-state index contributed by atoms with van der Waals surface area (Å²) in [6.07, 6.45) is 0. The van der Waals surface area contributed by atoms with Crippen molar-refractivity contribution in [2.75, 3.05) is 0 Å². The maximum Gasteiger partial charge on any atom is 0.329 e. The molecule has 0 fully saturated rings. The van der Waals surface area contributed by atoms with Crippen LogP contribution in [0.2, 0.25) is 5.15 Å². The van der Waals surface area contributed by atoms with Crippen molar-refractivity contribution in [1.29, 1.82) is 0 Å². The van der Waals surface area contributed by atoms with Crippen LogP contribution < -0.4 is 11.2 Å². The van der Waals surface area contributed by atoms with Crippen LogP contribution in [0, 0.1) is 5.82 Å². The van der Waals surface area contributed by atoms with Crippen molar-refractivity contribution < 1.29 is 4.39 Å². The Bertz CT molecular complexity index is 750. The van der Waals surface area contributed by atoms with Crippen molar-refractivity contribution in [2.45, 2.75) is 26.3 Å². The molecule has 0 saturated heterocycles. The van der Waals surface area contributed by atoms with Gasteiger partial charge >= 0.3 is 5.69 Å². The molecule has 2 aromatic rings. The molecule has 0 radical (unpaired) electrons. The van der Waals surface area contributed by atoms with Gasteiger partial charge in [0, 0.05) is 5.56 Å². The minimum Gasteiger partial charge on any atom is -0.297 e. The van der Waals surface area contributed by atoms with Crippen molar-refractivity contribution in [2.24, 2.45) is 0 Å². The van der Waals surface area contributed by atoms with E-state index in [9.17, 15) is 14.0 Å². The largest absolute Gasteiger partial charge is 0.329 e. The monoisotopic (exact) mass is 296 g/mol. The topological polar surface area (TPSA) is 54.9 Å². The molecule has 0 bridgehead atoms. The van der Waals surface area contributed by atoms with E-state index in [0.717, 1.165) is 4.57 Å². The van der Waals surface area contributed by atoms with Crippen molar-refractivity contribution in [3.8, 4) is 0 Å². The quantitative estimate of drug-likeness (QED) is 0.885. The third-order valence-electron chi connectivity index (χ3n) is 3.04. The molecule has 0 unspecified atom stereocenters. The zero-order valence-corrected chi connectivity index (χ0v) is 11.9. The number of halogens is 2. The summed E-state index contributed by atoms with van der Waals surface area (Å²) < 4.78 is 14.6. The third-order valence-corrected chi connectivity index (χ3v) is 3.34. The van der Waals surface area contributed by atoms with Gasteiger partial charge in [-0.15, -0.1) is 0 Å².